The Morgan fingerprint density at radius 1 is 0.889 bits per heavy atom. The van der Waals surface area contributed by atoms with Crippen LogP contribution in [0, 0.1) is 0 Å². The van der Waals surface area contributed by atoms with Crippen molar-refractivity contribution in [2.24, 2.45) is 0 Å². The van der Waals surface area contributed by atoms with Gasteiger partial charge in [-0.25, -0.2) is 0 Å². The van der Waals surface area contributed by atoms with Crippen LogP contribution in [0.4, 0.5) is 0 Å². The fraction of sp³-hybridized carbons (Fsp3) is 0.200. The summed E-state index contributed by atoms with van der Waals surface area (Å²) in [6, 6.07) is 17.6. The van der Waals surface area contributed by atoms with E-state index in [0.29, 0.717) is 10.0 Å². The quantitative estimate of drug-likeness (QED) is 0.877. The van der Waals surface area contributed by atoms with Gasteiger partial charge in [-0.1, -0.05) is 59.6 Å². The van der Waals surface area contributed by atoms with Gasteiger partial charge in [0, 0.05) is 10.0 Å². The zero-order chi connectivity index (χ0) is 13.2. The Morgan fingerprint density at radius 3 is 1.94 bits per heavy atom. The van der Waals surface area contributed by atoms with Gasteiger partial charge in [0.2, 0.25) is 0 Å². The molecule has 1 N–H and O–H groups in total. The van der Waals surface area contributed by atoms with Gasteiger partial charge in [0.15, 0.2) is 0 Å². The summed E-state index contributed by atoms with van der Waals surface area (Å²) in [7, 11) is 1.98. The van der Waals surface area contributed by atoms with E-state index in [4.69, 9.17) is 23.2 Å². The molecule has 0 radical (unpaired) electrons. The monoisotopic (exact) mass is 281 g/mol. The molecule has 0 aromatic heterocycles. The normalized spacial score (nSPS) is 9.50. The highest BCUT2D eigenvalue weighted by atomic mass is 35.5. The number of hydrogen-bond donors (Lipinski definition) is 1. The van der Waals surface area contributed by atoms with E-state index in [0.717, 1.165) is 13.0 Å². The third-order valence-corrected chi connectivity index (χ3v) is 2.76. The van der Waals surface area contributed by atoms with E-state index in [1.54, 1.807) is 18.2 Å². The van der Waals surface area contributed by atoms with E-state index < -0.39 is 0 Å². The Kier molecular flexibility index (Phi) is 7.51. The number of benzene rings is 2. The second kappa shape index (κ2) is 8.98. The molecule has 2 rings (SSSR count). The molecule has 0 atom stereocenters. The van der Waals surface area contributed by atoms with Crippen LogP contribution in [0.3, 0.4) is 0 Å². The van der Waals surface area contributed by atoms with Crippen LogP contribution >= 0.6 is 23.2 Å². The summed E-state index contributed by atoms with van der Waals surface area (Å²) in [6.45, 7) is 1.06. The van der Waals surface area contributed by atoms with Gasteiger partial charge in [0.05, 0.1) is 0 Å². The Hall–Kier alpha value is -1.02. The molecule has 18 heavy (non-hydrogen) atoms. The molecule has 0 saturated heterocycles. The van der Waals surface area contributed by atoms with Crippen LogP contribution in [-0.4, -0.2) is 13.6 Å². The van der Waals surface area contributed by atoms with Crippen molar-refractivity contribution < 1.29 is 0 Å². The van der Waals surface area contributed by atoms with Gasteiger partial charge in [-0.05, 0) is 43.8 Å². The van der Waals surface area contributed by atoms with Crippen molar-refractivity contribution in [2.45, 2.75) is 6.42 Å². The van der Waals surface area contributed by atoms with Gasteiger partial charge in [-0.3, -0.25) is 0 Å². The van der Waals surface area contributed by atoms with Crippen LogP contribution in [0.2, 0.25) is 10.0 Å². The van der Waals surface area contributed by atoms with E-state index in [-0.39, 0.29) is 0 Å². The lowest BCUT2D eigenvalue weighted by Crippen LogP contribution is -2.09. The van der Waals surface area contributed by atoms with Crippen molar-refractivity contribution in [1.82, 2.24) is 5.32 Å². The highest BCUT2D eigenvalue weighted by Crippen LogP contribution is 2.13. The standard InChI is InChI=1S/C9H13N.C6H4Cl2/c1-10-8-7-9-5-3-2-4-6-9;7-5-2-1-3-6(8)4-5/h2-6,10H,7-8H2,1H3;1-4H. The van der Waals surface area contributed by atoms with Crippen LogP contribution < -0.4 is 5.32 Å². The van der Waals surface area contributed by atoms with Gasteiger partial charge in [0.25, 0.3) is 0 Å². The Labute approximate surface area is 119 Å². The number of hydrogen-bond acceptors (Lipinski definition) is 1. The molecule has 0 heterocycles. The fourth-order valence-corrected chi connectivity index (χ4v) is 1.81. The molecule has 0 spiro atoms. The van der Waals surface area contributed by atoms with Gasteiger partial charge >= 0.3 is 0 Å². The maximum absolute atomic E-state index is 5.56. The Bertz CT molecular complexity index is 426. The van der Waals surface area contributed by atoms with Crippen LogP contribution in [0.15, 0.2) is 54.6 Å². The van der Waals surface area contributed by atoms with Crippen LogP contribution in [0.5, 0.6) is 0 Å². The van der Waals surface area contributed by atoms with Crippen molar-refractivity contribution in [1.29, 1.82) is 0 Å². The Morgan fingerprint density at radius 2 is 1.50 bits per heavy atom. The zero-order valence-corrected chi connectivity index (χ0v) is 11.9. The third-order valence-electron chi connectivity index (χ3n) is 2.29. The van der Waals surface area contributed by atoms with Gasteiger partial charge in [-0.2, -0.15) is 0 Å². The predicted molar refractivity (Wildman–Crippen MR) is 80.5 cm³/mol. The summed E-state index contributed by atoms with van der Waals surface area (Å²) in [5, 5.41) is 4.47. The molecule has 0 amide bonds. The average Bonchev–Trinajstić information content (AvgIpc) is 2.38. The molecule has 1 nitrogen and oxygen atoms in total. The van der Waals surface area contributed by atoms with Crippen molar-refractivity contribution >= 4 is 23.2 Å². The lowest BCUT2D eigenvalue weighted by molar-refractivity contribution is 0.792. The predicted octanol–water partition coefficient (Wildman–Crippen LogP) is 4.44. The molecule has 96 valence electrons. The smallest absolute Gasteiger partial charge is 0.0420 e. The first-order valence-electron chi connectivity index (χ1n) is 5.82. The molecule has 0 bridgehead atoms. The first-order valence-corrected chi connectivity index (χ1v) is 6.57. The van der Waals surface area contributed by atoms with Gasteiger partial charge in [-0.15, -0.1) is 0 Å². The van der Waals surface area contributed by atoms with Crippen molar-refractivity contribution in [3.05, 3.63) is 70.2 Å². The summed E-state index contributed by atoms with van der Waals surface area (Å²) >= 11 is 11.1. The van der Waals surface area contributed by atoms with E-state index in [2.05, 4.69) is 29.6 Å². The largest absolute Gasteiger partial charge is 0.319 e. The number of nitrogens with one attached hydrogen (secondary N) is 1. The first kappa shape index (κ1) is 15.0. The average molecular weight is 282 g/mol. The molecule has 2 aromatic carbocycles. The van der Waals surface area contributed by atoms with Crippen LogP contribution in [0.25, 0.3) is 0 Å². The van der Waals surface area contributed by atoms with E-state index in [1.165, 1.54) is 5.56 Å². The maximum atomic E-state index is 5.56. The minimum atomic E-state index is 0.678. The number of likely N-dealkylation sites (N-methyl/N-ethyl adjacent to an activating group) is 1. The van der Waals surface area contributed by atoms with E-state index in [1.807, 2.05) is 19.2 Å². The number of rotatable bonds is 3. The molecule has 0 unspecified atom stereocenters. The molecule has 3 heteroatoms. The van der Waals surface area contributed by atoms with Crippen molar-refractivity contribution in [3.63, 3.8) is 0 Å². The molecule has 0 saturated carbocycles. The van der Waals surface area contributed by atoms with Gasteiger partial charge in [0.1, 0.15) is 0 Å². The maximum Gasteiger partial charge on any atom is 0.0420 e. The lowest BCUT2D eigenvalue weighted by Gasteiger charge is -1.97. The molecular formula is C15H17Cl2N. The topological polar surface area (TPSA) is 12.0 Å². The molecule has 0 fully saturated rings. The molecule has 2 aromatic rings. The van der Waals surface area contributed by atoms with Crippen molar-refractivity contribution in [3.8, 4) is 0 Å². The summed E-state index contributed by atoms with van der Waals surface area (Å²) in [5.74, 6) is 0. The lowest BCUT2D eigenvalue weighted by atomic mass is 10.2. The van der Waals surface area contributed by atoms with E-state index in [9.17, 15) is 0 Å². The summed E-state index contributed by atoms with van der Waals surface area (Å²) < 4.78 is 0. The van der Waals surface area contributed by atoms with Gasteiger partial charge < -0.3 is 5.32 Å². The zero-order valence-electron chi connectivity index (χ0n) is 10.4. The highest BCUT2D eigenvalue weighted by Gasteiger charge is 1.87. The molecule has 0 aliphatic rings. The summed E-state index contributed by atoms with van der Waals surface area (Å²) in [6.07, 6.45) is 1.12. The van der Waals surface area contributed by atoms with Crippen LogP contribution in [-0.2, 0) is 6.42 Å². The van der Waals surface area contributed by atoms with Crippen LogP contribution in [0.1, 0.15) is 5.56 Å². The second-order valence-corrected chi connectivity index (χ2v) is 4.65. The number of halogens is 2. The minimum absolute atomic E-state index is 0.678. The molecular weight excluding hydrogens is 265 g/mol. The fourth-order valence-electron chi connectivity index (χ4n) is 1.37. The SMILES string of the molecule is CNCCc1ccccc1.Clc1cccc(Cl)c1. The second-order valence-electron chi connectivity index (χ2n) is 3.78. The van der Waals surface area contributed by atoms with Crippen molar-refractivity contribution in [2.75, 3.05) is 13.6 Å². The Balaban J connectivity index is 0.000000184. The first-order chi connectivity index (χ1) is 8.72. The third kappa shape index (κ3) is 6.65. The molecule has 0 aliphatic heterocycles. The minimum Gasteiger partial charge on any atom is -0.319 e. The van der Waals surface area contributed by atoms with E-state index >= 15 is 0 Å². The summed E-state index contributed by atoms with van der Waals surface area (Å²) in [4.78, 5) is 0. The molecule has 0 aliphatic carbocycles. The highest BCUT2D eigenvalue weighted by molar-refractivity contribution is 6.34. The summed E-state index contributed by atoms with van der Waals surface area (Å²) in [5.41, 5.74) is 1.40.